The number of ether oxygens (including phenoxy) is 2. The Morgan fingerprint density at radius 3 is 2.11 bits per heavy atom. The molecular formula is C13H26N2O4. The number of hydrogen-bond acceptors (Lipinski definition) is 6. The third kappa shape index (κ3) is 6.02. The molecule has 0 spiro atoms. The molecule has 6 nitrogen and oxygen atoms in total. The Morgan fingerprint density at radius 2 is 1.74 bits per heavy atom. The lowest BCUT2D eigenvalue weighted by atomic mass is 9.83. The maximum atomic E-state index is 12.0. The fourth-order valence-electron chi connectivity index (χ4n) is 1.46. The second-order valence-electron chi connectivity index (χ2n) is 5.94. The van der Waals surface area contributed by atoms with E-state index in [4.69, 9.17) is 16.2 Å². The molecule has 0 saturated carbocycles. The molecule has 0 saturated heterocycles. The van der Waals surface area contributed by atoms with Crippen LogP contribution in [0.25, 0.3) is 0 Å². The van der Waals surface area contributed by atoms with Gasteiger partial charge in [-0.25, -0.2) is 9.59 Å². The summed E-state index contributed by atoms with van der Waals surface area (Å²) in [6.45, 7) is 9.08. The van der Waals surface area contributed by atoms with E-state index in [0.717, 1.165) is 0 Å². The Hall–Kier alpha value is -1.14. The van der Waals surface area contributed by atoms with Crippen LogP contribution in [0.5, 0.6) is 0 Å². The predicted octanol–water partition coefficient (Wildman–Crippen LogP) is 1.56. The minimum atomic E-state index is -1.23. The highest BCUT2D eigenvalue weighted by Crippen LogP contribution is 2.22. The van der Waals surface area contributed by atoms with Crippen LogP contribution in [0.2, 0.25) is 0 Å². The lowest BCUT2D eigenvalue weighted by molar-refractivity contribution is -0.149. The minimum absolute atomic E-state index is 0.172. The Balaban J connectivity index is 4.70. The van der Waals surface area contributed by atoms with Gasteiger partial charge in [-0.15, -0.1) is 0 Å². The van der Waals surface area contributed by atoms with Crippen molar-refractivity contribution in [1.29, 1.82) is 0 Å². The summed E-state index contributed by atoms with van der Waals surface area (Å²) in [5.41, 5.74) is 9.52. The zero-order valence-corrected chi connectivity index (χ0v) is 12.5. The standard InChI is InChI=1S/C13H26N2O4/c1-9(2)13(15,7-6-8-14)10(16)18-11(17)19-12(3,4)5/h9H,6-8,14-15H2,1-5H3. The molecule has 6 heteroatoms. The highest BCUT2D eigenvalue weighted by molar-refractivity contribution is 5.89. The molecule has 0 aromatic heterocycles. The largest absolute Gasteiger partial charge is 0.516 e. The van der Waals surface area contributed by atoms with Gasteiger partial charge in [0.05, 0.1) is 0 Å². The van der Waals surface area contributed by atoms with E-state index in [1.54, 1.807) is 34.6 Å². The van der Waals surface area contributed by atoms with Gasteiger partial charge in [0.25, 0.3) is 0 Å². The SMILES string of the molecule is CC(C)C(N)(CCCN)C(=O)OC(=O)OC(C)(C)C. The van der Waals surface area contributed by atoms with Gasteiger partial charge >= 0.3 is 12.1 Å². The molecule has 0 heterocycles. The van der Waals surface area contributed by atoms with E-state index in [0.29, 0.717) is 19.4 Å². The van der Waals surface area contributed by atoms with Crippen molar-refractivity contribution in [2.45, 2.75) is 58.6 Å². The highest BCUT2D eigenvalue weighted by Gasteiger charge is 2.40. The van der Waals surface area contributed by atoms with E-state index in [1.807, 2.05) is 0 Å². The molecule has 19 heavy (non-hydrogen) atoms. The topological polar surface area (TPSA) is 105 Å². The molecule has 0 fully saturated rings. The average molecular weight is 274 g/mol. The van der Waals surface area contributed by atoms with Gasteiger partial charge in [-0.05, 0) is 46.1 Å². The molecule has 0 aliphatic carbocycles. The monoisotopic (exact) mass is 274 g/mol. The molecule has 1 atom stereocenters. The van der Waals surface area contributed by atoms with Crippen molar-refractivity contribution >= 4 is 12.1 Å². The first-order valence-electron chi connectivity index (χ1n) is 6.47. The molecule has 0 amide bonds. The molecule has 0 aliphatic rings. The lowest BCUT2D eigenvalue weighted by Gasteiger charge is -2.30. The number of hydrogen-bond donors (Lipinski definition) is 2. The highest BCUT2D eigenvalue weighted by atomic mass is 16.7. The first-order valence-corrected chi connectivity index (χ1v) is 6.47. The summed E-state index contributed by atoms with van der Waals surface area (Å²) < 4.78 is 9.61. The van der Waals surface area contributed by atoms with Crippen molar-refractivity contribution < 1.29 is 19.1 Å². The predicted molar refractivity (Wildman–Crippen MR) is 72.4 cm³/mol. The fourth-order valence-corrected chi connectivity index (χ4v) is 1.46. The first-order chi connectivity index (χ1) is 8.53. The Labute approximate surface area is 114 Å². The van der Waals surface area contributed by atoms with Gasteiger partial charge in [0.15, 0.2) is 0 Å². The van der Waals surface area contributed by atoms with Crippen LogP contribution in [-0.2, 0) is 14.3 Å². The molecule has 0 rings (SSSR count). The Morgan fingerprint density at radius 1 is 1.21 bits per heavy atom. The quantitative estimate of drug-likeness (QED) is 0.582. The molecular weight excluding hydrogens is 248 g/mol. The number of rotatable bonds is 5. The first kappa shape index (κ1) is 17.9. The van der Waals surface area contributed by atoms with Crippen LogP contribution in [0.4, 0.5) is 4.79 Å². The van der Waals surface area contributed by atoms with Crippen molar-refractivity contribution in [1.82, 2.24) is 0 Å². The van der Waals surface area contributed by atoms with Gasteiger partial charge in [0, 0.05) is 0 Å². The smallest absolute Gasteiger partial charge is 0.428 e. The summed E-state index contributed by atoms with van der Waals surface area (Å²) in [5.74, 6) is -0.945. The summed E-state index contributed by atoms with van der Waals surface area (Å²) in [4.78, 5) is 23.5. The van der Waals surface area contributed by atoms with E-state index < -0.39 is 23.3 Å². The maximum Gasteiger partial charge on any atom is 0.516 e. The average Bonchev–Trinajstić information content (AvgIpc) is 2.22. The summed E-state index contributed by atoms with van der Waals surface area (Å²) >= 11 is 0. The van der Waals surface area contributed by atoms with E-state index in [2.05, 4.69) is 4.74 Å². The van der Waals surface area contributed by atoms with Crippen LogP contribution in [0.3, 0.4) is 0 Å². The van der Waals surface area contributed by atoms with E-state index in [1.165, 1.54) is 0 Å². The van der Waals surface area contributed by atoms with Crippen LogP contribution in [-0.4, -0.2) is 29.8 Å². The van der Waals surface area contributed by atoms with Gasteiger partial charge < -0.3 is 20.9 Å². The van der Waals surface area contributed by atoms with Gasteiger partial charge in [-0.3, -0.25) is 0 Å². The van der Waals surface area contributed by atoms with E-state index in [-0.39, 0.29) is 5.92 Å². The molecule has 4 N–H and O–H groups in total. The van der Waals surface area contributed by atoms with Crippen molar-refractivity contribution in [2.75, 3.05) is 6.54 Å². The van der Waals surface area contributed by atoms with Crippen molar-refractivity contribution in [3.8, 4) is 0 Å². The van der Waals surface area contributed by atoms with Gasteiger partial charge in [-0.2, -0.15) is 0 Å². The summed E-state index contributed by atoms with van der Waals surface area (Å²) in [6.07, 6.45) is -0.0818. The molecule has 0 aromatic rings. The number of nitrogens with two attached hydrogens (primary N) is 2. The Kier molecular flexibility index (Phi) is 6.45. The second-order valence-corrected chi connectivity index (χ2v) is 5.94. The molecule has 112 valence electrons. The summed E-state index contributed by atoms with van der Waals surface area (Å²) in [5, 5.41) is 0. The van der Waals surface area contributed by atoms with Crippen molar-refractivity contribution in [2.24, 2.45) is 17.4 Å². The van der Waals surface area contributed by atoms with Crippen LogP contribution in [0.1, 0.15) is 47.5 Å². The zero-order valence-electron chi connectivity index (χ0n) is 12.5. The lowest BCUT2D eigenvalue weighted by Crippen LogP contribution is -2.54. The zero-order chi connectivity index (χ0) is 15.3. The van der Waals surface area contributed by atoms with Crippen molar-refractivity contribution in [3.05, 3.63) is 0 Å². The number of esters is 1. The summed E-state index contributed by atoms with van der Waals surface area (Å²) in [6, 6.07) is 0. The van der Waals surface area contributed by atoms with Gasteiger partial charge in [-0.1, -0.05) is 13.8 Å². The van der Waals surface area contributed by atoms with Crippen LogP contribution < -0.4 is 11.5 Å². The number of carbonyl (C=O) groups excluding carboxylic acids is 2. The molecule has 1 unspecified atom stereocenters. The Bertz CT molecular complexity index is 323. The summed E-state index contributed by atoms with van der Waals surface area (Å²) in [7, 11) is 0. The normalized spacial score (nSPS) is 14.9. The third-order valence-electron chi connectivity index (χ3n) is 2.77. The minimum Gasteiger partial charge on any atom is -0.428 e. The molecule has 0 bridgehead atoms. The molecule has 0 aliphatic heterocycles. The van der Waals surface area contributed by atoms with Crippen LogP contribution in [0.15, 0.2) is 0 Å². The molecule has 0 aromatic carbocycles. The molecule has 0 radical (unpaired) electrons. The van der Waals surface area contributed by atoms with Gasteiger partial charge in [0.1, 0.15) is 11.1 Å². The van der Waals surface area contributed by atoms with Crippen LogP contribution in [0, 0.1) is 5.92 Å². The van der Waals surface area contributed by atoms with E-state index in [9.17, 15) is 9.59 Å². The second kappa shape index (κ2) is 6.86. The van der Waals surface area contributed by atoms with E-state index >= 15 is 0 Å². The fraction of sp³-hybridized carbons (Fsp3) is 0.846. The van der Waals surface area contributed by atoms with Crippen molar-refractivity contribution in [3.63, 3.8) is 0 Å². The third-order valence-corrected chi connectivity index (χ3v) is 2.77. The number of carbonyl (C=O) groups is 2. The maximum absolute atomic E-state index is 12.0. The van der Waals surface area contributed by atoms with Crippen LogP contribution >= 0.6 is 0 Å². The van der Waals surface area contributed by atoms with Gasteiger partial charge in [0.2, 0.25) is 0 Å².